The summed E-state index contributed by atoms with van der Waals surface area (Å²) in [5, 5.41) is 11.5. The molecule has 1 aromatic heterocycles. The van der Waals surface area contributed by atoms with Crippen molar-refractivity contribution in [3.63, 3.8) is 0 Å². The van der Waals surface area contributed by atoms with Gasteiger partial charge in [0.1, 0.15) is 0 Å². The highest BCUT2D eigenvalue weighted by Crippen LogP contribution is 2.36. The molecule has 2 nitrogen and oxygen atoms in total. The maximum Gasteiger partial charge on any atom is 0.0688 e. The summed E-state index contributed by atoms with van der Waals surface area (Å²) < 4.78 is 0. The number of pyridine rings is 1. The van der Waals surface area contributed by atoms with Gasteiger partial charge in [0.05, 0.1) is 10.6 Å². The molecule has 1 aromatic rings. The molecule has 3 heteroatoms. The molecular weight excluding hydrogens is 258 g/mol. The van der Waals surface area contributed by atoms with Crippen LogP contribution in [0.4, 0.5) is 0 Å². The van der Waals surface area contributed by atoms with Crippen LogP contribution in [-0.2, 0) is 6.42 Å². The van der Waals surface area contributed by atoms with Crippen molar-refractivity contribution < 1.29 is 5.11 Å². The average molecular weight is 282 g/mol. The number of hydrogen-bond acceptors (Lipinski definition) is 2. The van der Waals surface area contributed by atoms with Crippen LogP contribution in [0.15, 0.2) is 18.5 Å². The van der Waals surface area contributed by atoms with E-state index in [0.29, 0.717) is 17.4 Å². The molecule has 0 saturated heterocycles. The zero-order chi connectivity index (χ0) is 13.9. The molecule has 0 aliphatic heterocycles. The highest BCUT2D eigenvalue weighted by molar-refractivity contribution is 6.31. The molecule has 1 N–H and O–H groups in total. The van der Waals surface area contributed by atoms with Crippen molar-refractivity contribution in [2.45, 2.75) is 58.0 Å². The lowest BCUT2D eigenvalue weighted by molar-refractivity contribution is 0.0237. The van der Waals surface area contributed by atoms with E-state index in [2.05, 4.69) is 18.8 Å². The van der Waals surface area contributed by atoms with Crippen molar-refractivity contribution in [1.29, 1.82) is 0 Å². The molecule has 1 fully saturated rings. The minimum atomic E-state index is -0.589. The summed E-state index contributed by atoms with van der Waals surface area (Å²) in [6.07, 6.45) is 9.30. The van der Waals surface area contributed by atoms with Gasteiger partial charge < -0.3 is 5.11 Å². The summed E-state index contributed by atoms with van der Waals surface area (Å²) in [5.41, 5.74) is 0.427. The first-order valence-electron chi connectivity index (χ1n) is 7.31. The van der Waals surface area contributed by atoms with Gasteiger partial charge in [0.25, 0.3) is 0 Å². The standard InChI is InChI=1S/C16H24ClNO/c1-12(2)13-4-3-7-16(19,8-5-13)10-14-6-9-18-11-15(14)17/h6,9,11-13,19H,3-5,7-8,10H2,1-2H3. The molecule has 0 amide bonds. The van der Waals surface area contributed by atoms with Crippen LogP contribution in [-0.4, -0.2) is 15.7 Å². The Kier molecular flexibility index (Phi) is 4.86. The fourth-order valence-corrected chi connectivity index (χ4v) is 3.35. The molecule has 1 aliphatic carbocycles. The van der Waals surface area contributed by atoms with Gasteiger partial charge in [-0.25, -0.2) is 0 Å². The van der Waals surface area contributed by atoms with Crippen molar-refractivity contribution in [2.24, 2.45) is 11.8 Å². The Bertz CT molecular complexity index is 421. The SMILES string of the molecule is CC(C)C1CCCC(O)(Cc2ccncc2Cl)CC1. The second-order valence-electron chi connectivity index (χ2n) is 6.30. The molecule has 2 atom stereocenters. The fraction of sp³-hybridized carbons (Fsp3) is 0.688. The van der Waals surface area contributed by atoms with Gasteiger partial charge in [0.15, 0.2) is 0 Å². The predicted octanol–water partition coefficient (Wildman–Crippen LogP) is 4.24. The molecule has 1 saturated carbocycles. The maximum atomic E-state index is 10.8. The van der Waals surface area contributed by atoms with Crippen LogP contribution in [0, 0.1) is 11.8 Å². The third kappa shape index (κ3) is 3.93. The number of aromatic nitrogens is 1. The molecule has 0 spiro atoms. The molecule has 19 heavy (non-hydrogen) atoms. The Morgan fingerprint density at radius 1 is 1.42 bits per heavy atom. The van der Waals surface area contributed by atoms with E-state index in [0.717, 1.165) is 37.2 Å². The lowest BCUT2D eigenvalue weighted by Crippen LogP contribution is -2.31. The second-order valence-corrected chi connectivity index (χ2v) is 6.71. The third-order valence-electron chi connectivity index (χ3n) is 4.52. The van der Waals surface area contributed by atoms with Crippen LogP contribution in [0.2, 0.25) is 5.02 Å². The van der Waals surface area contributed by atoms with Crippen LogP contribution < -0.4 is 0 Å². The summed E-state index contributed by atoms with van der Waals surface area (Å²) in [7, 11) is 0. The summed E-state index contributed by atoms with van der Waals surface area (Å²) in [6, 6.07) is 1.92. The van der Waals surface area contributed by atoms with Crippen LogP contribution >= 0.6 is 11.6 Å². The molecule has 2 unspecified atom stereocenters. The van der Waals surface area contributed by atoms with Crippen LogP contribution in [0.1, 0.15) is 51.5 Å². The van der Waals surface area contributed by atoms with E-state index in [4.69, 9.17) is 11.6 Å². The van der Waals surface area contributed by atoms with Crippen molar-refractivity contribution in [3.8, 4) is 0 Å². The molecular formula is C16H24ClNO. The second kappa shape index (κ2) is 6.23. The summed E-state index contributed by atoms with van der Waals surface area (Å²) in [5.74, 6) is 1.47. The lowest BCUT2D eigenvalue weighted by Gasteiger charge is -2.27. The van der Waals surface area contributed by atoms with Gasteiger partial charge in [0.2, 0.25) is 0 Å². The van der Waals surface area contributed by atoms with E-state index in [9.17, 15) is 5.11 Å². The van der Waals surface area contributed by atoms with Gasteiger partial charge in [-0.3, -0.25) is 4.98 Å². The molecule has 106 valence electrons. The third-order valence-corrected chi connectivity index (χ3v) is 4.86. The van der Waals surface area contributed by atoms with Crippen molar-refractivity contribution in [1.82, 2.24) is 4.98 Å². The maximum absolute atomic E-state index is 10.8. The van der Waals surface area contributed by atoms with Gasteiger partial charge >= 0.3 is 0 Å². The minimum absolute atomic E-state index is 0.589. The van der Waals surface area contributed by atoms with E-state index in [1.807, 2.05) is 6.07 Å². The molecule has 2 rings (SSSR count). The van der Waals surface area contributed by atoms with Crippen LogP contribution in [0.25, 0.3) is 0 Å². The highest BCUT2D eigenvalue weighted by Gasteiger charge is 2.32. The molecule has 0 aromatic carbocycles. The normalized spacial score (nSPS) is 28.4. The quantitative estimate of drug-likeness (QED) is 0.841. The van der Waals surface area contributed by atoms with Crippen molar-refractivity contribution in [2.75, 3.05) is 0 Å². The molecule has 1 aliphatic rings. The predicted molar refractivity (Wildman–Crippen MR) is 79.3 cm³/mol. The zero-order valence-electron chi connectivity index (χ0n) is 11.9. The van der Waals surface area contributed by atoms with Gasteiger partial charge in [0, 0.05) is 18.8 Å². The number of halogens is 1. The first kappa shape index (κ1) is 14.8. The van der Waals surface area contributed by atoms with Crippen molar-refractivity contribution >= 4 is 11.6 Å². The smallest absolute Gasteiger partial charge is 0.0688 e. The van der Waals surface area contributed by atoms with Gasteiger partial charge in [-0.05, 0) is 42.7 Å². The first-order chi connectivity index (χ1) is 9.00. The topological polar surface area (TPSA) is 33.1 Å². The van der Waals surface area contributed by atoms with E-state index in [1.54, 1.807) is 12.4 Å². The fourth-order valence-electron chi connectivity index (χ4n) is 3.16. The van der Waals surface area contributed by atoms with Gasteiger partial charge in [-0.1, -0.05) is 38.3 Å². The largest absolute Gasteiger partial charge is 0.390 e. The molecule has 0 radical (unpaired) electrons. The summed E-state index contributed by atoms with van der Waals surface area (Å²) in [4.78, 5) is 4.00. The zero-order valence-corrected chi connectivity index (χ0v) is 12.7. The Balaban J connectivity index is 2.05. The Morgan fingerprint density at radius 2 is 2.21 bits per heavy atom. The Labute approximate surface area is 121 Å². The Morgan fingerprint density at radius 3 is 2.89 bits per heavy atom. The van der Waals surface area contributed by atoms with E-state index in [1.165, 1.54) is 6.42 Å². The molecule has 0 bridgehead atoms. The monoisotopic (exact) mass is 281 g/mol. The summed E-state index contributed by atoms with van der Waals surface area (Å²) >= 11 is 6.15. The number of nitrogens with zero attached hydrogens (tertiary/aromatic N) is 1. The number of rotatable bonds is 3. The van der Waals surface area contributed by atoms with Crippen LogP contribution in [0.5, 0.6) is 0 Å². The van der Waals surface area contributed by atoms with E-state index >= 15 is 0 Å². The number of hydrogen-bond donors (Lipinski definition) is 1. The van der Waals surface area contributed by atoms with Crippen LogP contribution in [0.3, 0.4) is 0 Å². The lowest BCUT2D eigenvalue weighted by atomic mass is 9.85. The highest BCUT2D eigenvalue weighted by atomic mass is 35.5. The Hall–Kier alpha value is -0.600. The van der Waals surface area contributed by atoms with Gasteiger partial charge in [-0.15, -0.1) is 0 Å². The van der Waals surface area contributed by atoms with E-state index in [-0.39, 0.29) is 0 Å². The minimum Gasteiger partial charge on any atom is -0.390 e. The van der Waals surface area contributed by atoms with E-state index < -0.39 is 5.60 Å². The van der Waals surface area contributed by atoms with Crippen molar-refractivity contribution in [3.05, 3.63) is 29.0 Å². The molecule has 1 heterocycles. The van der Waals surface area contributed by atoms with Gasteiger partial charge in [-0.2, -0.15) is 0 Å². The summed E-state index contributed by atoms with van der Waals surface area (Å²) in [6.45, 7) is 4.57. The number of aliphatic hydroxyl groups is 1. The first-order valence-corrected chi connectivity index (χ1v) is 7.69. The average Bonchev–Trinajstić information content (AvgIpc) is 2.55.